The second-order valence-corrected chi connectivity index (χ2v) is 7.00. The van der Waals surface area contributed by atoms with E-state index in [0.29, 0.717) is 30.4 Å². The summed E-state index contributed by atoms with van der Waals surface area (Å²) in [5, 5.41) is 13.5. The highest BCUT2D eigenvalue weighted by atomic mass is 32.2. The Morgan fingerprint density at radius 1 is 1.04 bits per heavy atom. The molecule has 0 aromatic heterocycles. The van der Waals surface area contributed by atoms with E-state index in [-0.39, 0.29) is 17.3 Å². The summed E-state index contributed by atoms with van der Waals surface area (Å²) in [6, 6.07) is 11.4. The first kappa shape index (κ1) is 21.6. The molecule has 0 spiro atoms. The molecule has 0 aliphatic heterocycles. The van der Waals surface area contributed by atoms with Gasteiger partial charge in [-0.05, 0) is 37.1 Å². The van der Waals surface area contributed by atoms with E-state index >= 15 is 0 Å². The van der Waals surface area contributed by atoms with E-state index in [0.717, 1.165) is 17.7 Å². The maximum atomic E-state index is 12.2. The van der Waals surface area contributed by atoms with Crippen LogP contribution in [0.5, 0.6) is 11.5 Å². The van der Waals surface area contributed by atoms with Gasteiger partial charge in [0.05, 0.1) is 23.9 Å². The SMILES string of the molecule is CCCOc1ccc(NC(=O)CSc2ccc([N+](=O)[O-])cc2)cc1OCCC. The fourth-order valence-electron chi connectivity index (χ4n) is 2.25. The van der Waals surface area contributed by atoms with E-state index in [1.807, 2.05) is 13.8 Å². The zero-order valence-corrected chi connectivity index (χ0v) is 16.8. The van der Waals surface area contributed by atoms with Gasteiger partial charge in [0.25, 0.3) is 5.69 Å². The van der Waals surface area contributed by atoms with Gasteiger partial charge in [0.1, 0.15) is 0 Å². The standard InChI is InChI=1S/C20H24N2O5S/c1-3-11-26-18-10-5-15(13-19(18)27-12-4-2)21-20(23)14-28-17-8-6-16(7-9-17)22(24)25/h5-10,13H,3-4,11-12,14H2,1-2H3,(H,21,23). The molecule has 0 aliphatic rings. The van der Waals surface area contributed by atoms with Crippen molar-refractivity contribution in [1.29, 1.82) is 0 Å². The molecule has 1 amide bonds. The second kappa shape index (κ2) is 11.2. The molecule has 1 N–H and O–H groups in total. The number of hydrogen-bond acceptors (Lipinski definition) is 6. The Kier molecular flexibility index (Phi) is 8.61. The van der Waals surface area contributed by atoms with Crippen molar-refractivity contribution in [3.8, 4) is 11.5 Å². The summed E-state index contributed by atoms with van der Waals surface area (Å²) < 4.78 is 11.4. The van der Waals surface area contributed by atoms with E-state index in [1.165, 1.54) is 23.9 Å². The molecule has 0 atom stereocenters. The van der Waals surface area contributed by atoms with E-state index in [2.05, 4.69) is 5.32 Å². The number of nitrogens with one attached hydrogen (secondary N) is 1. The van der Waals surface area contributed by atoms with Gasteiger partial charge in [-0.15, -0.1) is 11.8 Å². The Morgan fingerprint density at radius 2 is 1.68 bits per heavy atom. The number of ether oxygens (including phenoxy) is 2. The van der Waals surface area contributed by atoms with E-state index in [4.69, 9.17) is 9.47 Å². The van der Waals surface area contributed by atoms with Crippen molar-refractivity contribution in [2.75, 3.05) is 24.3 Å². The van der Waals surface area contributed by atoms with Crippen LogP contribution in [0.15, 0.2) is 47.4 Å². The van der Waals surface area contributed by atoms with Crippen LogP contribution in [0, 0.1) is 10.1 Å². The van der Waals surface area contributed by atoms with Crippen molar-refractivity contribution in [2.24, 2.45) is 0 Å². The lowest BCUT2D eigenvalue weighted by atomic mass is 10.2. The van der Waals surface area contributed by atoms with Crippen LogP contribution in [0.2, 0.25) is 0 Å². The molecule has 28 heavy (non-hydrogen) atoms. The monoisotopic (exact) mass is 404 g/mol. The zero-order chi connectivity index (χ0) is 20.4. The fraction of sp³-hybridized carbons (Fsp3) is 0.350. The minimum absolute atomic E-state index is 0.0267. The molecular weight excluding hydrogens is 380 g/mol. The quantitative estimate of drug-likeness (QED) is 0.325. The van der Waals surface area contributed by atoms with Gasteiger partial charge in [0.15, 0.2) is 11.5 Å². The Morgan fingerprint density at radius 3 is 2.29 bits per heavy atom. The minimum atomic E-state index is -0.451. The van der Waals surface area contributed by atoms with Crippen molar-refractivity contribution >= 4 is 29.0 Å². The summed E-state index contributed by atoms with van der Waals surface area (Å²) in [7, 11) is 0. The minimum Gasteiger partial charge on any atom is -0.490 e. The number of hydrogen-bond donors (Lipinski definition) is 1. The zero-order valence-electron chi connectivity index (χ0n) is 16.0. The molecule has 2 aromatic rings. The number of nitro benzene ring substituents is 1. The van der Waals surface area contributed by atoms with E-state index in [9.17, 15) is 14.9 Å². The van der Waals surface area contributed by atoms with Crippen LogP contribution in [0.25, 0.3) is 0 Å². The smallest absolute Gasteiger partial charge is 0.269 e. The van der Waals surface area contributed by atoms with Gasteiger partial charge in [0.2, 0.25) is 5.91 Å². The number of amides is 1. The summed E-state index contributed by atoms with van der Waals surface area (Å²) in [5.74, 6) is 1.29. The molecule has 0 bridgehead atoms. The lowest BCUT2D eigenvalue weighted by Gasteiger charge is -2.14. The first-order valence-corrected chi connectivity index (χ1v) is 10.1. The molecular formula is C20H24N2O5S. The number of nitro groups is 1. The Hall–Kier alpha value is -2.74. The van der Waals surface area contributed by atoms with Crippen LogP contribution >= 0.6 is 11.8 Å². The molecule has 0 saturated heterocycles. The topological polar surface area (TPSA) is 90.7 Å². The van der Waals surface area contributed by atoms with Crippen LogP contribution in [0.1, 0.15) is 26.7 Å². The highest BCUT2D eigenvalue weighted by Gasteiger charge is 2.10. The largest absolute Gasteiger partial charge is 0.490 e. The molecule has 0 unspecified atom stereocenters. The first-order valence-electron chi connectivity index (χ1n) is 9.10. The third-order valence-corrected chi connectivity index (χ3v) is 4.58. The van der Waals surface area contributed by atoms with Gasteiger partial charge in [-0.25, -0.2) is 0 Å². The van der Waals surface area contributed by atoms with Gasteiger partial charge in [-0.2, -0.15) is 0 Å². The van der Waals surface area contributed by atoms with Crippen molar-refractivity contribution < 1.29 is 19.2 Å². The maximum absolute atomic E-state index is 12.2. The number of thioether (sulfide) groups is 1. The van der Waals surface area contributed by atoms with Gasteiger partial charge in [-0.3, -0.25) is 14.9 Å². The maximum Gasteiger partial charge on any atom is 0.269 e. The number of carbonyl (C=O) groups is 1. The summed E-state index contributed by atoms with van der Waals surface area (Å²) in [4.78, 5) is 23.2. The van der Waals surface area contributed by atoms with Crippen LogP contribution in [-0.2, 0) is 4.79 Å². The van der Waals surface area contributed by atoms with Crippen molar-refractivity contribution in [3.63, 3.8) is 0 Å². The van der Waals surface area contributed by atoms with Gasteiger partial charge in [-0.1, -0.05) is 13.8 Å². The summed E-state index contributed by atoms with van der Waals surface area (Å²) in [6.45, 7) is 5.22. The van der Waals surface area contributed by atoms with Gasteiger partial charge < -0.3 is 14.8 Å². The highest BCUT2D eigenvalue weighted by Crippen LogP contribution is 2.31. The molecule has 0 heterocycles. The Balaban J connectivity index is 1.95. The number of non-ortho nitro benzene ring substituents is 1. The molecule has 7 nitrogen and oxygen atoms in total. The van der Waals surface area contributed by atoms with Crippen molar-refractivity contribution in [3.05, 3.63) is 52.6 Å². The average molecular weight is 404 g/mol. The summed E-state index contributed by atoms with van der Waals surface area (Å²) >= 11 is 1.31. The van der Waals surface area contributed by atoms with Crippen LogP contribution < -0.4 is 14.8 Å². The van der Waals surface area contributed by atoms with Gasteiger partial charge in [0, 0.05) is 28.8 Å². The molecule has 0 aliphatic carbocycles. The first-order chi connectivity index (χ1) is 13.5. The lowest BCUT2D eigenvalue weighted by Crippen LogP contribution is -2.14. The van der Waals surface area contributed by atoms with Crippen LogP contribution in [-0.4, -0.2) is 29.8 Å². The van der Waals surface area contributed by atoms with Crippen LogP contribution in [0.3, 0.4) is 0 Å². The highest BCUT2D eigenvalue weighted by molar-refractivity contribution is 8.00. The van der Waals surface area contributed by atoms with E-state index < -0.39 is 4.92 Å². The normalized spacial score (nSPS) is 10.4. The Bertz CT molecular complexity index is 796. The number of nitrogens with zero attached hydrogens (tertiary/aromatic N) is 1. The number of anilines is 1. The molecule has 2 aromatic carbocycles. The molecule has 0 fully saturated rings. The lowest BCUT2D eigenvalue weighted by molar-refractivity contribution is -0.384. The molecule has 0 saturated carbocycles. The van der Waals surface area contributed by atoms with E-state index in [1.54, 1.807) is 30.3 Å². The summed E-state index contributed by atoms with van der Waals surface area (Å²) in [5.41, 5.74) is 0.656. The molecule has 8 heteroatoms. The average Bonchev–Trinajstić information content (AvgIpc) is 2.70. The van der Waals surface area contributed by atoms with Crippen molar-refractivity contribution in [1.82, 2.24) is 0 Å². The molecule has 150 valence electrons. The predicted octanol–water partition coefficient (Wildman–Crippen LogP) is 4.90. The summed E-state index contributed by atoms with van der Waals surface area (Å²) in [6.07, 6.45) is 1.77. The van der Waals surface area contributed by atoms with Crippen molar-refractivity contribution in [2.45, 2.75) is 31.6 Å². The predicted molar refractivity (Wildman–Crippen MR) is 110 cm³/mol. The number of rotatable bonds is 11. The number of carbonyl (C=O) groups excluding carboxylic acids is 1. The molecule has 2 rings (SSSR count). The Labute approximate surface area is 168 Å². The van der Waals surface area contributed by atoms with Crippen LogP contribution in [0.4, 0.5) is 11.4 Å². The third kappa shape index (κ3) is 6.77. The molecule has 0 radical (unpaired) electrons. The fourth-order valence-corrected chi connectivity index (χ4v) is 2.95. The second-order valence-electron chi connectivity index (χ2n) is 5.95. The van der Waals surface area contributed by atoms with Gasteiger partial charge >= 0.3 is 0 Å². The third-order valence-electron chi connectivity index (χ3n) is 3.57. The number of benzene rings is 2.